The Morgan fingerprint density at radius 1 is 1.11 bits per heavy atom. The maximum atomic E-state index is 10.7. The molecule has 0 aliphatic heterocycles. The minimum Gasteiger partial charge on any atom is -0.388 e. The number of thioether (sulfide) groups is 1. The number of aliphatic hydroxyl groups excluding tert-OH is 1. The van der Waals surface area contributed by atoms with Crippen LogP contribution in [0.1, 0.15) is 55.8 Å². The van der Waals surface area contributed by atoms with Crippen molar-refractivity contribution in [3.8, 4) is 0 Å². The van der Waals surface area contributed by atoms with Crippen molar-refractivity contribution in [3.05, 3.63) is 29.3 Å². The minimum absolute atomic E-state index is 0.228. The van der Waals surface area contributed by atoms with E-state index in [-0.39, 0.29) is 6.10 Å². The van der Waals surface area contributed by atoms with Crippen LogP contribution >= 0.6 is 11.8 Å². The van der Waals surface area contributed by atoms with Crippen molar-refractivity contribution in [3.63, 3.8) is 0 Å². The van der Waals surface area contributed by atoms with Crippen molar-refractivity contribution in [2.24, 2.45) is 11.8 Å². The first-order chi connectivity index (χ1) is 8.72. The summed E-state index contributed by atoms with van der Waals surface area (Å²) in [6.45, 7) is 2.35. The Labute approximate surface area is 114 Å². The molecular formula is C16H22OS. The van der Waals surface area contributed by atoms with Crippen molar-refractivity contribution in [2.45, 2.75) is 49.5 Å². The van der Waals surface area contributed by atoms with Gasteiger partial charge in [0.2, 0.25) is 0 Å². The summed E-state index contributed by atoms with van der Waals surface area (Å²) in [7, 11) is 0. The van der Waals surface area contributed by atoms with Crippen molar-refractivity contribution in [1.29, 1.82) is 0 Å². The largest absolute Gasteiger partial charge is 0.388 e. The van der Waals surface area contributed by atoms with Crippen LogP contribution in [-0.2, 0) is 0 Å². The van der Waals surface area contributed by atoms with E-state index in [0.717, 1.165) is 0 Å². The lowest BCUT2D eigenvalue weighted by Crippen LogP contribution is -2.34. The molecule has 0 aromatic heterocycles. The Bertz CT molecular complexity index is 443. The number of fused-ring (bicyclic) bond motifs is 2. The SMILES string of the molecule is CSc1ccc2c(c1)C(O)C1CCCCC1C2C. The van der Waals surface area contributed by atoms with Gasteiger partial charge in [-0.2, -0.15) is 0 Å². The maximum Gasteiger partial charge on any atom is 0.0824 e. The van der Waals surface area contributed by atoms with Crippen LogP contribution in [0, 0.1) is 11.8 Å². The molecule has 1 saturated carbocycles. The van der Waals surface area contributed by atoms with Gasteiger partial charge in [-0.25, -0.2) is 0 Å². The fourth-order valence-corrected chi connectivity index (χ4v) is 4.46. The second-order valence-corrected chi connectivity index (χ2v) is 6.72. The predicted molar refractivity (Wildman–Crippen MR) is 77.0 cm³/mol. The molecule has 0 amide bonds. The molecular weight excluding hydrogens is 240 g/mol. The molecule has 0 radical (unpaired) electrons. The highest BCUT2D eigenvalue weighted by atomic mass is 32.2. The molecule has 1 aromatic carbocycles. The molecule has 1 aromatic rings. The third kappa shape index (κ3) is 1.90. The highest BCUT2D eigenvalue weighted by Gasteiger charge is 2.40. The number of benzene rings is 1. The molecule has 0 spiro atoms. The van der Waals surface area contributed by atoms with Gasteiger partial charge in [-0.3, -0.25) is 0 Å². The lowest BCUT2D eigenvalue weighted by molar-refractivity contribution is 0.0242. The van der Waals surface area contributed by atoms with Crippen molar-refractivity contribution in [1.82, 2.24) is 0 Å². The summed E-state index contributed by atoms with van der Waals surface area (Å²) in [6, 6.07) is 6.67. The van der Waals surface area contributed by atoms with E-state index in [9.17, 15) is 5.11 Å². The van der Waals surface area contributed by atoms with E-state index in [1.165, 1.54) is 41.7 Å². The second-order valence-electron chi connectivity index (χ2n) is 5.84. The summed E-state index contributed by atoms with van der Waals surface area (Å²) in [5.74, 6) is 1.81. The topological polar surface area (TPSA) is 20.2 Å². The number of hydrogen-bond acceptors (Lipinski definition) is 2. The van der Waals surface area contributed by atoms with Crippen LogP contribution in [0.4, 0.5) is 0 Å². The summed E-state index contributed by atoms with van der Waals surface area (Å²) >= 11 is 1.76. The molecule has 3 rings (SSSR count). The smallest absolute Gasteiger partial charge is 0.0824 e. The molecule has 4 unspecified atom stereocenters. The molecule has 2 aliphatic carbocycles. The van der Waals surface area contributed by atoms with E-state index in [4.69, 9.17) is 0 Å². The van der Waals surface area contributed by atoms with Gasteiger partial charge in [0.05, 0.1) is 6.10 Å². The standard InChI is InChI=1S/C16H22OS/c1-10-12-5-3-4-6-14(12)16(17)15-9-11(18-2)7-8-13(10)15/h7-10,12,14,16-17H,3-6H2,1-2H3. The molecule has 1 fully saturated rings. The third-order valence-electron chi connectivity index (χ3n) is 5.03. The highest BCUT2D eigenvalue weighted by Crippen LogP contribution is 2.51. The van der Waals surface area contributed by atoms with Gasteiger partial charge >= 0.3 is 0 Å². The number of rotatable bonds is 1. The highest BCUT2D eigenvalue weighted by molar-refractivity contribution is 7.98. The van der Waals surface area contributed by atoms with E-state index in [1.807, 2.05) is 0 Å². The molecule has 0 saturated heterocycles. The van der Waals surface area contributed by atoms with Gasteiger partial charge in [0.1, 0.15) is 0 Å². The van der Waals surface area contributed by atoms with Gasteiger partial charge in [0.15, 0.2) is 0 Å². The second kappa shape index (κ2) is 4.90. The van der Waals surface area contributed by atoms with Gasteiger partial charge in [-0.1, -0.05) is 25.8 Å². The van der Waals surface area contributed by atoms with E-state index < -0.39 is 0 Å². The predicted octanol–water partition coefficient (Wildman–Crippen LogP) is 4.37. The fraction of sp³-hybridized carbons (Fsp3) is 0.625. The monoisotopic (exact) mass is 262 g/mol. The van der Waals surface area contributed by atoms with Crippen molar-refractivity contribution in [2.75, 3.05) is 6.26 Å². The summed E-state index contributed by atoms with van der Waals surface area (Å²) in [4.78, 5) is 1.27. The molecule has 18 heavy (non-hydrogen) atoms. The average Bonchev–Trinajstić information content (AvgIpc) is 2.44. The summed E-state index contributed by atoms with van der Waals surface area (Å²) < 4.78 is 0. The Morgan fingerprint density at radius 2 is 1.83 bits per heavy atom. The van der Waals surface area contributed by atoms with Crippen LogP contribution in [0.3, 0.4) is 0 Å². The Hall–Kier alpha value is -0.470. The zero-order chi connectivity index (χ0) is 12.7. The van der Waals surface area contributed by atoms with E-state index in [0.29, 0.717) is 17.8 Å². The first-order valence-corrected chi connectivity index (χ1v) is 8.30. The molecule has 98 valence electrons. The van der Waals surface area contributed by atoms with Crippen LogP contribution in [0.15, 0.2) is 23.1 Å². The Balaban J connectivity index is 2.04. The lowest BCUT2D eigenvalue weighted by atomic mass is 9.63. The fourth-order valence-electron chi connectivity index (χ4n) is 4.01. The van der Waals surface area contributed by atoms with E-state index in [1.54, 1.807) is 11.8 Å². The molecule has 0 bridgehead atoms. The first kappa shape index (κ1) is 12.6. The van der Waals surface area contributed by atoms with E-state index in [2.05, 4.69) is 31.4 Å². The summed E-state index contributed by atoms with van der Waals surface area (Å²) in [6.07, 6.45) is 7.02. The first-order valence-electron chi connectivity index (χ1n) is 7.08. The van der Waals surface area contributed by atoms with Crippen LogP contribution in [-0.4, -0.2) is 11.4 Å². The van der Waals surface area contributed by atoms with Gasteiger partial charge in [0.25, 0.3) is 0 Å². The number of hydrogen-bond donors (Lipinski definition) is 1. The summed E-state index contributed by atoms with van der Waals surface area (Å²) in [5.41, 5.74) is 2.60. The Morgan fingerprint density at radius 3 is 2.56 bits per heavy atom. The van der Waals surface area contributed by atoms with E-state index >= 15 is 0 Å². The van der Waals surface area contributed by atoms with Crippen LogP contribution < -0.4 is 0 Å². The number of aliphatic hydroxyl groups is 1. The lowest BCUT2D eigenvalue weighted by Gasteiger charge is -2.44. The van der Waals surface area contributed by atoms with Gasteiger partial charge in [-0.05, 0) is 60.1 Å². The van der Waals surface area contributed by atoms with Crippen LogP contribution in [0.2, 0.25) is 0 Å². The molecule has 2 aliphatic rings. The molecule has 1 nitrogen and oxygen atoms in total. The third-order valence-corrected chi connectivity index (χ3v) is 5.75. The van der Waals surface area contributed by atoms with Crippen molar-refractivity contribution >= 4 is 11.8 Å². The van der Waals surface area contributed by atoms with Crippen LogP contribution in [0.5, 0.6) is 0 Å². The van der Waals surface area contributed by atoms with Crippen molar-refractivity contribution < 1.29 is 5.11 Å². The normalized spacial score (nSPS) is 34.8. The quantitative estimate of drug-likeness (QED) is 0.759. The average molecular weight is 262 g/mol. The summed E-state index contributed by atoms with van der Waals surface area (Å²) in [5, 5.41) is 10.7. The zero-order valence-electron chi connectivity index (χ0n) is 11.2. The molecule has 0 heterocycles. The van der Waals surface area contributed by atoms with Gasteiger partial charge < -0.3 is 5.11 Å². The minimum atomic E-state index is -0.228. The molecule has 2 heteroatoms. The van der Waals surface area contributed by atoms with Gasteiger partial charge in [-0.15, -0.1) is 11.8 Å². The molecule has 4 atom stereocenters. The zero-order valence-corrected chi connectivity index (χ0v) is 12.0. The van der Waals surface area contributed by atoms with Gasteiger partial charge in [0, 0.05) is 4.90 Å². The molecule has 1 N–H and O–H groups in total. The van der Waals surface area contributed by atoms with Crippen LogP contribution in [0.25, 0.3) is 0 Å². The Kier molecular flexibility index (Phi) is 3.42. The maximum absolute atomic E-state index is 10.7.